The lowest BCUT2D eigenvalue weighted by molar-refractivity contribution is 0.0488. The van der Waals surface area contributed by atoms with E-state index < -0.39 is 5.60 Å². The van der Waals surface area contributed by atoms with Crippen LogP contribution in [0.15, 0.2) is 12.3 Å². The molecule has 124 valence electrons. The summed E-state index contributed by atoms with van der Waals surface area (Å²) in [5.74, 6) is 0. The largest absolute Gasteiger partial charge is 0.444 e. The van der Waals surface area contributed by atoms with Gasteiger partial charge in [-0.05, 0) is 52.5 Å². The van der Waals surface area contributed by atoms with E-state index in [-0.39, 0.29) is 12.1 Å². The number of aryl methyl sites for hydroxylation is 1. The highest BCUT2D eigenvalue weighted by Crippen LogP contribution is 2.19. The van der Waals surface area contributed by atoms with Gasteiger partial charge in [0.2, 0.25) is 0 Å². The maximum Gasteiger partial charge on any atom is 0.407 e. The molecular formula is C16H28N4O2. The number of hydrogen-bond acceptors (Lipinski definition) is 4. The van der Waals surface area contributed by atoms with Crippen molar-refractivity contribution >= 4 is 6.09 Å². The number of ether oxygens (including phenoxy) is 1. The number of carbonyl (C=O) groups excluding carboxylic acids is 1. The van der Waals surface area contributed by atoms with Crippen molar-refractivity contribution in [3.63, 3.8) is 0 Å². The number of alkyl carbamates (subject to hydrolysis) is 1. The molecule has 1 heterocycles. The minimum absolute atomic E-state index is 0.185. The summed E-state index contributed by atoms with van der Waals surface area (Å²) >= 11 is 0. The van der Waals surface area contributed by atoms with Crippen LogP contribution in [0.25, 0.3) is 0 Å². The lowest BCUT2D eigenvalue weighted by Gasteiger charge is -2.31. The number of amides is 1. The van der Waals surface area contributed by atoms with E-state index in [4.69, 9.17) is 4.74 Å². The molecule has 22 heavy (non-hydrogen) atoms. The van der Waals surface area contributed by atoms with Crippen LogP contribution < -0.4 is 10.6 Å². The van der Waals surface area contributed by atoms with E-state index in [0.29, 0.717) is 6.04 Å². The zero-order valence-electron chi connectivity index (χ0n) is 14.1. The molecule has 2 atom stereocenters. The predicted octanol–water partition coefficient (Wildman–Crippen LogP) is 2.35. The van der Waals surface area contributed by atoms with Crippen LogP contribution in [0.3, 0.4) is 0 Å². The van der Waals surface area contributed by atoms with E-state index in [1.54, 1.807) is 0 Å². The number of carbonyl (C=O) groups is 1. The SMILES string of the molecule is Cn1ccc(CNC2CCCC(NC(=O)OC(C)(C)C)C2)n1. The summed E-state index contributed by atoms with van der Waals surface area (Å²) in [4.78, 5) is 11.8. The van der Waals surface area contributed by atoms with Gasteiger partial charge in [0, 0.05) is 31.9 Å². The van der Waals surface area contributed by atoms with Gasteiger partial charge in [0.05, 0.1) is 5.69 Å². The minimum atomic E-state index is -0.449. The smallest absolute Gasteiger partial charge is 0.407 e. The van der Waals surface area contributed by atoms with Gasteiger partial charge in [0.25, 0.3) is 0 Å². The van der Waals surface area contributed by atoms with Gasteiger partial charge in [-0.15, -0.1) is 0 Å². The summed E-state index contributed by atoms with van der Waals surface area (Å²) in [5.41, 5.74) is 0.597. The van der Waals surface area contributed by atoms with E-state index in [9.17, 15) is 4.79 Å². The van der Waals surface area contributed by atoms with Gasteiger partial charge >= 0.3 is 6.09 Å². The average molecular weight is 308 g/mol. The van der Waals surface area contributed by atoms with E-state index in [0.717, 1.165) is 37.9 Å². The molecule has 0 aliphatic heterocycles. The molecule has 6 nitrogen and oxygen atoms in total. The fourth-order valence-electron chi connectivity index (χ4n) is 2.79. The monoisotopic (exact) mass is 308 g/mol. The molecule has 1 saturated carbocycles. The first-order chi connectivity index (χ1) is 10.3. The molecule has 1 aliphatic rings. The Bertz CT molecular complexity index is 493. The molecule has 2 unspecified atom stereocenters. The van der Waals surface area contributed by atoms with Gasteiger partial charge in [-0.1, -0.05) is 0 Å². The molecule has 1 aliphatic carbocycles. The average Bonchev–Trinajstić information content (AvgIpc) is 2.80. The van der Waals surface area contributed by atoms with Crippen LogP contribution in [0.2, 0.25) is 0 Å². The van der Waals surface area contributed by atoms with Crippen LogP contribution in [0.1, 0.15) is 52.1 Å². The number of nitrogens with one attached hydrogen (secondary N) is 2. The Labute approximate surface area is 132 Å². The van der Waals surface area contributed by atoms with Crippen LogP contribution in [-0.4, -0.2) is 33.6 Å². The number of hydrogen-bond donors (Lipinski definition) is 2. The van der Waals surface area contributed by atoms with Crippen molar-refractivity contribution in [1.82, 2.24) is 20.4 Å². The summed E-state index contributed by atoms with van der Waals surface area (Å²) in [5, 5.41) is 10.9. The van der Waals surface area contributed by atoms with E-state index in [2.05, 4.69) is 15.7 Å². The molecule has 0 bridgehead atoms. The summed E-state index contributed by atoms with van der Waals surface area (Å²) < 4.78 is 7.13. The molecule has 1 aromatic rings. The second-order valence-corrected chi connectivity index (χ2v) is 7.07. The molecule has 0 radical (unpaired) electrons. The van der Waals surface area contributed by atoms with Crippen molar-refractivity contribution in [2.75, 3.05) is 0 Å². The highest BCUT2D eigenvalue weighted by atomic mass is 16.6. The summed E-state index contributed by atoms with van der Waals surface area (Å²) in [7, 11) is 1.92. The highest BCUT2D eigenvalue weighted by molar-refractivity contribution is 5.68. The van der Waals surface area contributed by atoms with Crippen molar-refractivity contribution in [3.8, 4) is 0 Å². The molecular weight excluding hydrogens is 280 g/mol. The fourth-order valence-corrected chi connectivity index (χ4v) is 2.79. The molecule has 1 fully saturated rings. The molecule has 1 amide bonds. The maximum atomic E-state index is 11.8. The molecule has 1 aromatic heterocycles. The number of rotatable bonds is 4. The van der Waals surface area contributed by atoms with Gasteiger partial charge in [-0.2, -0.15) is 5.10 Å². The fraction of sp³-hybridized carbons (Fsp3) is 0.750. The van der Waals surface area contributed by atoms with Gasteiger partial charge in [0.1, 0.15) is 5.60 Å². The van der Waals surface area contributed by atoms with Crippen molar-refractivity contribution in [3.05, 3.63) is 18.0 Å². The van der Waals surface area contributed by atoms with Gasteiger partial charge in [-0.25, -0.2) is 4.79 Å². The lowest BCUT2D eigenvalue weighted by Crippen LogP contribution is -2.45. The third kappa shape index (κ3) is 5.67. The lowest BCUT2D eigenvalue weighted by atomic mass is 9.91. The topological polar surface area (TPSA) is 68.2 Å². The zero-order chi connectivity index (χ0) is 16.2. The Morgan fingerprint density at radius 1 is 1.41 bits per heavy atom. The maximum absolute atomic E-state index is 11.8. The van der Waals surface area contributed by atoms with Gasteiger partial charge in [-0.3, -0.25) is 4.68 Å². The normalized spacial score (nSPS) is 22.4. The van der Waals surface area contributed by atoms with Crippen molar-refractivity contribution < 1.29 is 9.53 Å². The molecule has 0 aromatic carbocycles. The standard InChI is InChI=1S/C16H28N4O2/c1-16(2,3)22-15(21)18-13-7-5-6-12(10-13)17-11-14-8-9-20(4)19-14/h8-9,12-13,17H,5-7,10-11H2,1-4H3,(H,18,21). The third-order valence-corrected chi connectivity index (χ3v) is 3.74. The molecule has 6 heteroatoms. The van der Waals surface area contributed by atoms with E-state index in [1.165, 1.54) is 0 Å². The Balaban J connectivity index is 1.75. The summed E-state index contributed by atoms with van der Waals surface area (Å²) in [6, 6.07) is 2.62. The van der Waals surface area contributed by atoms with Gasteiger partial charge < -0.3 is 15.4 Å². The first kappa shape index (κ1) is 16.8. The first-order valence-corrected chi connectivity index (χ1v) is 8.03. The molecule has 0 saturated heterocycles. The van der Waals surface area contributed by atoms with Crippen LogP contribution in [0, 0.1) is 0 Å². The number of nitrogens with zero attached hydrogens (tertiary/aromatic N) is 2. The van der Waals surface area contributed by atoms with Crippen LogP contribution in [0.4, 0.5) is 4.79 Å². The quantitative estimate of drug-likeness (QED) is 0.896. The van der Waals surface area contributed by atoms with Gasteiger partial charge in [0.15, 0.2) is 0 Å². The Hall–Kier alpha value is -1.56. The minimum Gasteiger partial charge on any atom is -0.444 e. The second-order valence-electron chi connectivity index (χ2n) is 7.07. The Morgan fingerprint density at radius 3 is 2.77 bits per heavy atom. The Morgan fingerprint density at radius 2 is 2.14 bits per heavy atom. The highest BCUT2D eigenvalue weighted by Gasteiger charge is 2.25. The van der Waals surface area contributed by atoms with Crippen molar-refractivity contribution in [2.45, 2.75) is 70.7 Å². The van der Waals surface area contributed by atoms with Crippen LogP contribution in [0.5, 0.6) is 0 Å². The third-order valence-electron chi connectivity index (χ3n) is 3.74. The van der Waals surface area contributed by atoms with E-state index in [1.807, 2.05) is 44.8 Å². The molecule has 2 N–H and O–H groups in total. The van der Waals surface area contributed by atoms with Crippen molar-refractivity contribution in [2.24, 2.45) is 7.05 Å². The summed E-state index contributed by atoms with van der Waals surface area (Å²) in [6.07, 6.45) is 5.83. The molecule has 2 rings (SSSR count). The molecule has 0 spiro atoms. The first-order valence-electron chi connectivity index (χ1n) is 8.03. The van der Waals surface area contributed by atoms with E-state index >= 15 is 0 Å². The Kier molecular flexibility index (Phi) is 5.45. The predicted molar refractivity (Wildman–Crippen MR) is 85.5 cm³/mol. The zero-order valence-corrected chi connectivity index (χ0v) is 14.1. The van der Waals surface area contributed by atoms with Crippen LogP contribution in [-0.2, 0) is 18.3 Å². The van der Waals surface area contributed by atoms with Crippen molar-refractivity contribution in [1.29, 1.82) is 0 Å². The van der Waals surface area contributed by atoms with Crippen LogP contribution >= 0.6 is 0 Å². The number of aromatic nitrogens is 2. The summed E-state index contributed by atoms with van der Waals surface area (Å²) in [6.45, 7) is 6.41. The second kappa shape index (κ2) is 7.13.